The number of sulfone groups is 1. The van der Waals surface area contributed by atoms with Gasteiger partial charge in [0.2, 0.25) is 16.1 Å². The molecule has 2 fully saturated rings. The minimum atomic E-state index is -3.69. The number of hydrogen-bond acceptors (Lipinski definition) is 7. The highest BCUT2D eigenvalue weighted by Crippen LogP contribution is 2.31. The van der Waals surface area contributed by atoms with Crippen LogP contribution in [0, 0.1) is 0 Å². The molecular weight excluding hydrogens is 408 g/mol. The van der Waals surface area contributed by atoms with Crippen LogP contribution in [0.4, 0.5) is 0 Å². The Morgan fingerprint density at radius 3 is 2.39 bits per heavy atom. The first-order valence-electron chi connectivity index (χ1n) is 9.13. The number of carbonyl (C=O) groups is 1. The van der Waals surface area contributed by atoms with Crippen LogP contribution in [0.2, 0.25) is 0 Å². The Morgan fingerprint density at radius 2 is 1.75 bits per heavy atom. The number of amides is 1. The van der Waals surface area contributed by atoms with Gasteiger partial charge >= 0.3 is 0 Å². The Hall–Kier alpha value is -1.85. The van der Waals surface area contributed by atoms with Crippen LogP contribution in [0.25, 0.3) is 0 Å². The molecule has 0 aliphatic carbocycles. The van der Waals surface area contributed by atoms with Gasteiger partial charge in [-0.15, -0.1) is 0 Å². The lowest BCUT2D eigenvalue weighted by Gasteiger charge is -2.37. The summed E-state index contributed by atoms with van der Waals surface area (Å²) >= 11 is 0. The molecule has 0 saturated carbocycles. The lowest BCUT2D eigenvalue weighted by Crippen LogP contribution is -2.56. The molecule has 2 unspecified atom stereocenters. The predicted molar refractivity (Wildman–Crippen MR) is 100 cm³/mol. The number of carbonyl (C=O) groups excluding carboxylic acids is 1. The SMILES string of the molecule is O=C(C1COc2ccccc2O1)N1CCN(S(=O)(=O)C2CCS(=O)(=O)C2)CC1. The van der Waals surface area contributed by atoms with Gasteiger partial charge in [-0.1, -0.05) is 12.1 Å². The summed E-state index contributed by atoms with van der Waals surface area (Å²) in [6.45, 7) is 0.871. The van der Waals surface area contributed by atoms with E-state index in [9.17, 15) is 21.6 Å². The molecular formula is C17H22N2O7S2. The van der Waals surface area contributed by atoms with Crippen LogP contribution in [0.5, 0.6) is 11.5 Å². The maximum Gasteiger partial charge on any atom is 0.267 e. The van der Waals surface area contributed by atoms with Gasteiger partial charge in [-0.3, -0.25) is 4.79 Å². The van der Waals surface area contributed by atoms with Crippen molar-refractivity contribution in [3.8, 4) is 11.5 Å². The van der Waals surface area contributed by atoms with E-state index in [-0.39, 0.29) is 56.6 Å². The molecule has 2 atom stereocenters. The van der Waals surface area contributed by atoms with Gasteiger partial charge in [0.25, 0.3) is 5.91 Å². The van der Waals surface area contributed by atoms with Crippen molar-refractivity contribution in [3.05, 3.63) is 24.3 Å². The van der Waals surface area contributed by atoms with Crippen LogP contribution in [-0.2, 0) is 24.7 Å². The van der Waals surface area contributed by atoms with Crippen LogP contribution < -0.4 is 9.47 Å². The minimum Gasteiger partial charge on any atom is -0.485 e. The first-order chi connectivity index (χ1) is 13.3. The molecule has 0 aromatic heterocycles. The van der Waals surface area contributed by atoms with Gasteiger partial charge in [0, 0.05) is 26.2 Å². The molecule has 1 amide bonds. The maximum absolute atomic E-state index is 12.7. The molecule has 3 heterocycles. The van der Waals surface area contributed by atoms with Gasteiger partial charge in [0.15, 0.2) is 21.3 Å². The topological polar surface area (TPSA) is 110 Å². The number of ether oxygens (including phenoxy) is 2. The highest BCUT2D eigenvalue weighted by atomic mass is 32.2. The number of fused-ring (bicyclic) bond motifs is 1. The molecule has 0 N–H and O–H groups in total. The Balaban J connectivity index is 1.36. The lowest BCUT2D eigenvalue weighted by atomic mass is 10.2. The predicted octanol–water partition coefficient (Wildman–Crippen LogP) is -0.512. The average Bonchev–Trinajstić information content (AvgIpc) is 3.07. The van der Waals surface area contributed by atoms with E-state index in [1.54, 1.807) is 23.1 Å². The van der Waals surface area contributed by atoms with Gasteiger partial charge in [0.1, 0.15) is 6.61 Å². The fourth-order valence-electron chi connectivity index (χ4n) is 3.71. The lowest BCUT2D eigenvalue weighted by molar-refractivity contribution is -0.142. The van der Waals surface area contributed by atoms with Gasteiger partial charge in [0.05, 0.1) is 16.8 Å². The van der Waals surface area contributed by atoms with Gasteiger partial charge < -0.3 is 14.4 Å². The number of rotatable bonds is 3. The summed E-state index contributed by atoms with van der Waals surface area (Å²) in [6, 6.07) is 7.11. The molecule has 1 aromatic rings. The monoisotopic (exact) mass is 430 g/mol. The first-order valence-corrected chi connectivity index (χ1v) is 12.5. The van der Waals surface area contributed by atoms with Crippen molar-refractivity contribution in [3.63, 3.8) is 0 Å². The number of piperazine rings is 1. The van der Waals surface area contributed by atoms with Crippen LogP contribution >= 0.6 is 0 Å². The van der Waals surface area contributed by atoms with Gasteiger partial charge in [-0.2, -0.15) is 4.31 Å². The first kappa shape index (κ1) is 19.5. The zero-order valence-electron chi connectivity index (χ0n) is 15.2. The number of nitrogens with zero attached hydrogens (tertiary/aromatic N) is 2. The van der Waals surface area contributed by atoms with Crippen LogP contribution in [0.3, 0.4) is 0 Å². The zero-order chi connectivity index (χ0) is 19.9. The zero-order valence-corrected chi connectivity index (χ0v) is 16.8. The summed E-state index contributed by atoms with van der Waals surface area (Å²) in [7, 11) is -6.97. The highest BCUT2D eigenvalue weighted by molar-refractivity contribution is 7.95. The molecule has 0 radical (unpaired) electrons. The van der Waals surface area contributed by atoms with Crippen molar-refractivity contribution in [1.29, 1.82) is 0 Å². The van der Waals surface area contributed by atoms with Crippen molar-refractivity contribution in [1.82, 2.24) is 9.21 Å². The van der Waals surface area contributed by atoms with E-state index in [4.69, 9.17) is 9.47 Å². The Kier molecular flexibility index (Phi) is 5.00. The summed E-state index contributed by atoms with van der Waals surface area (Å²) in [4.78, 5) is 14.3. The molecule has 4 rings (SSSR count). The van der Waals surface area contributed by atoms with E-state index in [2.05, 4.69) is 0 Å². The van der Waals surface area contributed by atoms with E-state index in [1.165, 1.54) is 4.31 Å². The van der Waals surface area contributed by atoms with Crippen molar-refractivity contribution < 1.29 is 31.1 Å². The summed E-state index contributed by atoms with van der Waals surface area (Å²) in [6.07, 6.45) is -0.630. The maximum atomic E-state index is 12.7. The molecule has 3 aliphatic heterocycles. The van der Waals surface area contributed by atoms with Crippen LogP contribution in [0.15, 0.2) is 24.3 Å². The number of benzene rings is 1. The summed E-state index contributed by atoms with van der Waals surface area (Å²) in [5.74, 6) is 0.455. The average molecular weight is 431 g/mol. The molecule has 1 aromatic carbocycles. The third-order valence-electron chi connectivity index (χ3n) is 5.31. The van der Waals surface area contributed by atoms with Crippen LogP contribution in [0.1, 0.15) is 6.42 Å². The second kappa shape index (κ2) is 7.20. The van der Waals surface area contributed by atoms with Gasteiger partial charge in [-0.05, 0) is 18.6 Å². The van der Waals surface area contributed by atoms with Crippen molar-refractivity contribution in [2.24, 2.45) is 0 Å². The smallest absolute Gasteiger partial charge is 0.267 e. The van der Waals surface area contributed by atoms with E-state index in [1.807, 2.05) is 6.07 Å². The van der Waals surface area contributed by atoms with E-state index < -0.39 is 31.2 Å². The van der Waals surface area contributed by atoms with E-state index in [0.717, 1.165) is 0 Å². The molecule has 0 bridgehead atoms. The summed E-state index contributed by atoms with van der Waals surface area (Å²) < 4.78 is 61.2. The molecule has 9 nitrogen and oxygen atoms in total. The van der Waals surface area contributed by atoms with Crippen LogP contribution in [-0.4, -0.2) is 87.6 Å². The van der Waals surface area contributed by atoms with Crippen molar-refractivity contribution in [2.45, 2.75) is 17.8 Å². The molecule has 0 spiro atoms. The van der Waals surface area contributed by atoms with Crippen molar-refractivity contribution >= 4 is 25.8 Å². The number of para-hydroxylation sites is 2. The minimum absolute atomic E-state index is 0.0875. The Labute approximate surface area is 164 Å². The third-order valence-corrected chi connectivity index (χ3v) is 9.61. The molecule has 28 heavy (non-hydrogen) atoms. The summed E-state index contributed by atoms with van der Waals surface area (Å²) in [5, 5.41) is -0.883. The normalized spacial score (nSPS) is 27.5. The molecule has 2 saturated heterocycles. The standard InChI is InChI=1S/C17H22N2O7S2/c20-17(16-11-25-14-3-1-2-4-15(14)26-16)18-6-8-19(9-7-18)28(23,24)13-5-10-27(21,22)12-13/h1-4,13,16H,5-12H2. The van der Waals surface area contributed by atoms with Gasteiger partial charge in [-0.25, -0.2) is 16.8 Å². The Bertz CT molecular complexity index is 969. The second-order valence-electron chi connectivity index (χ2n) is 7.16. The Morgan fingerprint density at radius 1 is 1.07 bits per heavy atom. The fourth-order valence-corrected chi connectivity index (χ4v) is 8.23. The largest absolute Gasteiger partial charge is 0.485 e. The number of hydrogen-bond donors (Lipinski definition) is 0. The second-order valence-corrected chi connectivity index (χ2v) is 11.6. The molecule has 3 aliphatic rings. The third kappa shape index (κ3) is 3.70. The number of sulfonamides is 1. The highest BCUT2D eigenvalue weighted by Gasteiger charge is 2.42. The molecule has 154 valence electrons. The fraction of sp³-hybridized carbons (Fsp3) is 0.588. The van der Waals surface area contributed by atoms with E-state index >= 15 is 0 Å². The summed E-state index contributed by atoms with van der Waals surface area (Å²) in [5.41, 5.74) is 0. The quantitative estimate of drug-likeness (QED) is 0.635. The van der Waals surface area contributed by atoms with Crippen molar-refractivity contribution in [2.75, 3.05) is 44.3 Å². The van der Waals surface area contributed by atoms with E-state index in [0.29, 0.717) is 11.5 Å². The molecule has 11 heteroatoms.